The number of β-amino-alcohol motifs (C(OH)–C–C–N with tert-alkyl or cyclic N) is 1. The lowest BCUT2D eigenvalue weighted by Gasteiger charge is -2.39. The van der Waals surface area contributed by atoms with Crippen molar-refractivity contribution >= 4 is 33.9 Å². The minimum Gasteiger partial charge on any atom is -1.00 e. The van der Waals surface area contributed by atoms with Gasteiger partial charge in [0.15, 0.2) is 34.5 Å². The molecule has 15 heteroatoms. The van der Waals surface area contributed by atoms with Crippen molar-refractivity contribution in [1.82, 2.24) is 29.7 Å². The van der Waals surface area contributed by atoms with Crippen LogP contribution in [0.1, 0.15) is 66.3 Å². The summed E-state index contributed by atoms with van der Waals surface area (Å²) in [6.45, 7) is 7.77. The number of likely N-dealkylation sites (tertiary alicyclic amines) is 1. The highest BCUT2D eigenvalue weighted by Crippen LogP contribution is 2.32. The van der Waals surface area contributed by atoms with Crippen LogP contribution in [-0.4, -0.2) is 96.3 Å². The number of aromatic nitrogens is 5. The number of nitrogen functional groups attached to an aromatic ring is 1. The van der Waals surface area contributed by atoms with Crippen LogP contribution in [0.5, 0.6) is 0 Å². The molecule has 5 aromatic rings. The van der Waals surface area contributed by atoms with E-state index in [1.54, 1.807) is 12.3 Å². The molecule has 2 aliphatic rings. The highest BCUT2D eigenvalue weighted by Gasteiger charge is 2.40. The number of anilines is 1. The van der Waals surface area contributed by atoms with Crippen LogP contribution in [0.3, 0.4) is 0 Å². The van der Waals surface area contributed by atoms with Crippen molar-refractivity contribution in [2.75, 3.05) is 32.0 Å². The Labute approximate surface area is 319 Å². The summed E-state index contributed by atoms with van der Waals surface area (Å²) >= 11 is 0. The monoisotopic (exact) mass is 826 g/mol. The van der Waals surface area contributed by atoms with Gasteiger partial charge in [-0.05, 0) is 69.5 Å². The second-order valence-electron chi connectivity index (χ2n) is 13.4. The van der Waals surface area contributed by atoms with Crippen LogP contribution in [-0.2, 0) is 29.1 Å². The molecule has 5 atom stereocenters. The molecule has 7 N–H and O–H groups in total. The van der Waals surface area contributed by atoms with E-state index in [9.17, 15) is 20.1 Å². The van der Waals surface area contributed by atoms with Crippen LogP contribution in [0.15, 0.2) is 60.8 Å². The molecule has 0 aliphatic carbocycles. The topological polar surface area (TPSA) is 188 Å². The molecule has 2 aromatic carbocycles. The van der Waals surface area contributed by atoms with Gasteiger partial charge in [-0.2, -0.15) is 0 Å². The molecule has 2 fully saturated rings. The first-order valence-corrected chi connectivity index (χ1v) is 17.8. The first-order valence-electron chi connectivity index (χ1n) is 17.8. The normalized spacial score (nSPS) is 21.2. The second kappa shape index (κ2) is 16.5. The summed E-state index contributed by atoms with van der Waals surface area (Å²) in [7, 11) is 0. The fourth-order valence-corrected chi connectivity index (χ4v) is 7.54. The lowest BCUT2D eigenvalue weighted by molar-refractivity contribution is -0.676. The minimum atomic E-state index is -1.27. The van der Waals surface area contributed by atoms with E-state index < -0.39 is 30.7 Å². The summed E-state index contributed by atoms with van der Waals surface area (Å²) in [5, 5.41) is 35.6. The Balaban J connectivity index is 0.00000464. The number of hydrogen-bond acceptors (Lipinski definition) is 10. The lowest BCUT2D eigenvalue weighted by Crippen LogP contribution is -3.00. The van der Waals surface area contributed by atoms with Gasteiger partial charge in [-0.15, -0.1) is 0 Å². The molecular weight excluding hydrogens is 779 g/mol. The SMILES string of the molecule is CCn1c(CNC(=O)c2nc3cc[nH]c3nc2N)[n+](CC)c2ccc(C3CCN(CC(O)C(O)[C@@H]4OC(c5ccccc5)OC[C@H]4O)CC3)cc21.[I-]. The van der Waals surface area contributed by atoms with E-state index in [1.165, 1.54) is 5.56 Å². The molecule has 2 saturated heterocycles. The van der Waals surface area contributed by atoms with Gasteiger partial charge in [-0.1, -0.05) is 36.4 Å². The number of carbonyl (C=O) groups excluding carboxylic acids is 1. The van der Waals surface area contributed by atoms with Crippen molar-refractivity contribution < 1.29 is 58.1 Å². The van der Waals surface area contributed by atoms with Gasteiger partial charge in [0.05, 0.1) is 25.8 Å². The summed E-state index contributed by atoms with van der Waals surface area (Å²) < 4.78 is 16.0. The number of H-pyrrole nitrogens is 1. The smallest absolute Gasteiger partial charge is 0.277 e. The van der Waals surface area contributed by atoms with E-state index in [4.69, 9.17) is 15.2 Å². The third-order valence-corrected chi connectivity index (χ3v) is 10.3. The predicted molar refractivity (Wildman–Crippen MR) is 189 cm³/mol. The number of aromatic amines is 1. The molecule has 0 radical (unpaired) electrons. The highest BCUT2D eigenvalue weighted by atomic mass is 127. The number of aryl methyl sites for hydroxylation is 2. The van der Waals surface area contributed by atoms with Crippen molar-refractivity contribution in [1.29, 1.82) is 0 Å². The van der Waals surface area contributed by atoms with Crippen molar-refractivity contribution in [3.05, 3.63) is 83.4 Å². The number of ether oxygens (including phenoxy) is 2. The Hall–Kier alpha value is -3.71. The Kier molecular flexibility index (Phi) is 12.1. The van der Waals surface area contributed by atoms with E-state index in [0.29, 0.717) is 23.6 Å². The molecular formula is C37H47IN8O6. The van der Waals surface area contributed by atoms with E-state index in [1.807, 2.05) is 30.3 Å². The molecule has 1 amide bonds. The molecule has 5 heterocycles. The molecule has 0 saturated carbocycles. The van der Waals surface area contributed by atoms with Gasteiger partial charge in [0.1, 0.15) is 30.4 Å². The van der Waals surface area contributed by atoms with Crippen LogP contribution in [0.25, 0.3) is 22.2 Å². The number of rotatable bonds is 11. The second-order valence-corrected chi connectivity index (χ2v) is 13.4. The summed E-state index contributed by atoms with van der Waals surface area (Å²) in [6.07, 6.45) is -1.59. The number of nitrogens with one attached hydrogen (secondary N) is 2. The molecule has 0 bridgehead atoms. The number of piperidine rings is 1. The van der Waals surface area contributed by atoms with Crippen LogP contribution >= 0.6 is 0 Å². The number of fused-ring (bicyclic) bond motifs is 2. The average Bonchev–Trinajstić information content (AvgIpc) is 3.74. The number of benzene rings is 2. The van der Waals surface area contributed by atoms with Crippen LogP contribution < -0.4 is 39.6 Å². The van der Waals surface area contributed by atoms with E-state index in [-0.39, 0.29) is 54.5 Å². The third kappa shape index (κ3) is 7.67. The molecule has 14 nitrogen and oxygen atoms in total. The van der Waals surface area contributed by atoms with Crippen molar-refractivity contribution in [2.45, 2.75) is 82.9 Å². The van der Waals surface area contributed by atoms with Crippen LogP contribution in [0, 0.1) is 0 Å². The van der Waals surface area contributed by atoms with Crippen LogP contribution in [0.4, 0.5) is 5.82 Å². The molecule has 3 aromatic heterocycles. The largest absolute Gasteiger partial charge is 1.00 e. The Morgan fingerprint density at radius 1 is 1.10 bits per heavy atom. The number of nitrogens with two attached hydrogens (primary N) is 1. The number of amides is 1. The van der Waals surface area contributed by atoms with Gasteiger partial charge in [0.2, 0.25) is 0 Å². The van der Waals surface area contributed by atoms with E-state index in [0.717, 1.165) is 61.4 Å². The summed E-state index contributed by atoms with van der Waals surface area (Å²) in [5.74, 6) is 1.01. The Morgan fingerprint density at radius 2 is 1.87 bits per heavy atom. The number of aliphatic hydroxyl groups is 3. The maximum Gasteiger partial charge on any atom is 0.277 e. The maximum atomic E-state index is 13.2. The number of nitrogens with zero attached hydrogens (tertiary/aromatic N) is 5. The number of hydrogen-bond donors (Lipinski definition) is 6. The quantitative estimate of drug-likeness (QED) is 0.0723. The van der Waals surface area contributed by atoms with Crippen molar-refractivity contribution in [2.24, 2.45) is 0 Å². The Bertz CT molecular complexity index is 1980. The summed E-state index contributed by atoms with van der Waals surface area (Å²) in [6, 6.07) is 17.8. The number of halogens is 1. The van der Waals surface area contributed by atoms with Gasteiger partial charge < -0.3 is 69.7 Å². The van der Waals surface area contributed by atoms with E-state index >= 15 is 0 Å². The zero-order valence-corrected chi connectivity index (χ0v) is 31.5. The standard InChI is InChI=1S/C37H46N8O6.HI/c1-3-44-26-11-10-24(18-27(26)45(4-2)30(44)19-40-36(49)31-34(38)42-35-25(41-31)12-15-39-35)22-13-16-43(17-14-22)20-28(46)32(48)33-29(47)21-50-37(51-33)23-8-6-5-7-9-23;/h5-12,15,18,22,28-29,32-33,37,46-48H,3-4,13-14,16-17,19-21H2,1-2H3,(H3-,38,39,40,41,42,49);1H/t28?,29-,32?,33-,37?;/m1./s1. The fourth-order valence-electron chi connectivity index (χ4n) is 7.54. The molecule has 3 unspecified atom stereocenters. The number of imidazole rings is 1. The highest BCUT2D eigenvalue weighted by molar-refractivity contribution is 5.98. The molecule has 278 valence electrons. The van der Waals surface area contributed by atoms with Gasteiger partial charge >= 0.3 is 0 Å². The zero-order valence-electron chi connectivity index (χ0n) is 29.4. The molecule has 7 rings (SSSR count). The molecule has 2 aliphatic heterocycles. The van der Waals surface area contributed by atoms with Gasteiger partial charge in [0, 0.05) is 18.3 Å². The predicted octanol–water partition coefficient (Wildman–Crippen LogP) is -0.868. The van der Waals surface area contributed by atoms with Gasteiger partial charge in [0.25, 0.3) is 11.7 Å². The van der Waals surface area contributed by atoms with Crippen molar-refractivity contribution in [3.63, 3.8) is 0 Å². The first kappa shape index (κ1) is 38.0. The number of carbonyl (C=O) groups is 1. The molecule has 0 spiro atoms. The lowest BCUT2D eigenvalue weighted by atomic mass is 9.89. The third-order valence-electron chi connectivity index (χ3n) is 10.3. The van der Waals surface area contributed by atoms with E-state index in [2.05, 4.69) is 66.3 Å². The zero-order chi connectivity index (χ0) is 35.6. The van der Waals surface area contributed by atoms with Gasteiger partial charge in [-0.25, -0.2) is 19.1 Å². The average molecular weight is 827 g/mol. The number of aliphatic hydroxyl groups excluding tert-OH is 3. The minimum absolute atomic E-state index is 0. The maximum absolute atomic E-state index is 13.2. The Morgan fingerprint density at radius 3 is 2.60 bits per heavy atom. The first-order chi connectivity index (χ1) is 24.7. The molecule has 52 heavy (non-hydrogen) atoms. The van der Waals surface area contributed by atoms with Crippen LogP contribution in [0.2, 0.25) is 0 Å². The van der Waals surface area contributed by atoms with Gasteiger partial charge in [-0.3, -0.25) is 4.79 Å². The summed E-state index contributed by atoms with van der Waals surface area (Å²) in [4.78, 5) is 27.0. The fraction of sp³-hybridized carbons (Fsp3) is 0.459. The summed E-state index contributed by atoms with van der Waals surface area (Å²) in [5.41, 5.74) is 11.5. The van der Waals surface area contributed by atoms with Crippen molar-refractivity contribution in [3.8, 4) is 0 Å².